The zero-order chi connectivity index (χ0) is 18.0. The Kier molecular flexibility index (Phi) is 5.32. The Balaban J connectivity index is 1.73. The first-order valence-electron chi connectivity index (χ1n) is 8.50. The lowest BCUT2D eigenvalue weighted by molar-refractivity contribution is -0.139. The van der Waals surface area contributed by atoms with E-state index in [0.717, 1.165) is 31.2 Å². The number of anilines is 1. The number of rotatable bonds is 4. The molecule has 1 aliphatic heterocycles. The van der Waals surface area contributed by atoms with E-state index in [4.69, 9.17) is 5.11 Å². The van der Waals surface area contributed by atoms with E-state index in [0.29, 0.717) is 17.3 Å². The number of carbonyl (C=O) groups is 3. The summed E-state index contributed by atoms with van der Waals surface area (Å²) in [5.41, 5.74) is 1.40. The van der Waals surface area contributed by atoms with Crippen molar-refractivity contribution < 1.29 is 19.5 Å². The summed E-state index contributed by atoms with van der Waals surface area (Å²) in [6.07, 6.45) is 3.98. The Morgan fingerprint density at radius 2 is 1.96 bits per heavy atom. The molecule has 1 atom stereocenters. The molecule has 0 radical (unpaired) electrons. The van der Waals surface area contributed by atoms with Crippen LogP contribution in [-0.2, 0) is 9.59 Å². The van der Waals surface area contributed by atoms with Gasteiger partial charge in [-0.05, 0) is 37.5 Å². The fraction of sp³-hybridized carbons (Fsp3) is 0.500. The molecule has 0 bridgehead atoms. The summed E-state index contributed by atoms with van der Waals surface area (Å²) in [5, 5.41) is 11.9. The Bertz CT molecular complexity index is 700. The number of amides is 2. The van der Waals surface area contributed by atoms with Crippen molar-refractivity contribution in [3.63, 3.8) is 0 Å². The summed E-state index contributed by atoms with van der Waals surface area (Å²) in [7, 11) is 0. The SMILES string of the molecule is Cc1ccc(C(=O)O)cc1NC(=O)C1CSCN1C(=O)C1CCCC1. The summed E-state index contributed by atoms with van der Waals surface area (Å²) in [6.45, 7) is 1.81. The molecule has 1 saturated heterocycles. The number of carboxylic acids is 1. The first kappa shape index (κ1) is 17.8. The number of nitrogens with one attached hydrogen (secondary N) is 1. The Hall–Kier alpha value is -2.02. The minimum atomic E-state index is -1.04. The van der Waals surface area contributed by atoms with E-state index < -0.39 is 12.0 Å². The quantitative estimate of drug-likeness (QED) is 0.860. The first-order valence-corrected chi connectivity index (χ1v) is 9.66. The molecule has 6 nitrogen and oxygen atoms in total. The third-order valence-corrected chi connectivity index (χ3v) is 5.93. The van der Waals surface area contributed by atoms with Gasteiger partial charge in [-0.2, -0.15) is 0 Å². The molecule has 1 unspecified atom stereocenters. The molecule has 2 fully saturated rings. The predicted octanol–water partition coefficient (Wildman–Crippen LogP) is 2.72. The maximum absolute atomic E-state index is 12.7. The first-order chi connectivity index (χ1) is 12.0. The smallest absolute Gasteiger partial charge is 0.335 e. The molecule has 1 aliphatic carbocycles. The standard InChI is InChI=1S/C18H22N2O4S/c1-11-6-7-13(18(23)24)8-14(11)19-16(21)15-9-25-10-20(15)17(22)12-4-2-3-5-12/h6-8,12,15H,2-5,9-10H2,1H3,(H,19,21)(H,23,24). The second kappa shape index (κ2) is 7.47. The van der Waals surface area contributed by atoms with Gasteiger partial charge in [0.15, 0.2) is 0 Å². The number of aryl methyl sites for hydroxylation is 1. The van der Waals surface area contributed by atoms with Crippen LogP contribution in [0.2, 0.25) is 0 Å². The van der Waals surface area contributed by atoms with Crippen LogP contribution in [0.4, 0.5) is 5.69 Å². The molecule has 25 heavy (non-hydrogen) atoms. The van der Waals surface area contributed by atoms with Gasteiger partial charge in [-0.1, -0.05) is 18.9 Å². The van der Waals surface area contributed by atoms with Crippen LogP contribution in [0.5, 0.6) is 0 Å². The molecule has 7 heteroatoms. The highest BCUT2D eigenvalue weighted by Crippen LogP contribution is 2.31. The minimum absolute atomic E-state index is 0.0473. The van der Waals surface area contributed by atoms with Crippen LogP contribution >= 0.6 is 11.8 Å². The Morgan fingerprint density at radius 1 is 1.24 bits per heavy atom. The number of nitrogens with zero attached hydrogens (tertiary/aromatic N) is 1. The van der Waals surface area contributed by atoms with E-state index in [1.54, 1.807) is 22.7 Å². The zero-order valence-corrected chi connectivity index (χ0v) is 15.0. The number of hydrogen-bond donors (Lipinski definition) is 2. The van der Waals surface area contributed by atoms with E-state index in [9.17, 15) is 14.4 Å². The second-order valence-electron chi connectivity index (χ2n) is 6.63. The van der Waals surface area contributed by atoms with Crippen LogP contribution in [0.1, 0.15) is 41.6 Å². The fourth-order valence-electron chi connectivity index (χ4n) is 3.39. The normalized spacial score (nSPS) is 20.7. The van der Waals surface area contributed by atoms with Crippen LogP contribution in [0, 0.1) is 12.8 Å². The number of hydrogen-bond acceptors (Lipinski definition) is 4. The topological polar surface area (TPSA) is 86.7 Å². The fourth-order valence-corrected chi connectivity index (χ4v) is 4.55. The largest absolute Gasteiger partial charge is 0.478 e. The summed E-state index contributed by atoms with van der Waals surface area (Å²) in [5.74, 6) is -0.0412. The summed E-state index contributed by atoms with van der Waals surface area (Å²) >= 11 is 1.58. The molecule has 0 spiro atoms. The molecule has 1 saturated carbocycles. The van der Waals surface area contributed by atoms with Gasteiger partial charge in [0.1, 0.15) is 6.04 Å². The van der Waals surface area contributed by atoms with Crippen LogP contribution in [0.25, 0.3) is 0 Å². The molecule has 1 heterocycles. The average molecular weight is 362 g/mol. The average Bonchev–Trinajstić information content (AvgIpc) is 3.27. The van der Waals surface area contributed by atoms with Crippen LogP contribution in [0.3, 0.4) is 0 Å². The monoisotopic (exact) mass is 362 g/mol. The van der Waals surface area contributed by atoms with Gasteiger partial charge in [0.05, 0.1) is 11.4 Å². The zero-order valence-electron chi connectivity index (χ0n) is 14.2. The van der Waals surface area contributed by atoms with Gasteiger partial charge in [-0.3, -0.25) is 9.59 Å². The molecule has 1 aromatic carbocycles. The number of aromatic carboxylic acids is 1. The molecule has 2 N–H and O–H groups in total. The highest BCUT2D eigenvalue weighted by Gasteiger charge is 2.38. The van der Waals surface area contributed by atoms with Crippen LogP contribution in [0.15, 0.2) is 18.2 Å². The summed E-state index contributed by atoms with van der Waals surface area (Å²) < 4.78 is 0. The van der Waals surface area contributed by atoms with Gasteiger partial charge in [-0.25, -0.2) is 4.79 Å². The molecule has 0 aromatic heterocycles. The highest BCUT2D eigenvalue weighted by atomic mass is 32.2. The lowest BCUT2D eigenvalue weighted by atomic mass is 10.1. The van der Waals surface area contributed by atoms with Gasteiger partial charge in [-0.15, -0.1) is 11.8 Å². The van der Waals surface area contributed by atoms with E-state index in [2.05, 4.69) is 5.32 Å². The van der Waals surface area contributed by atoms with Crippen molar-refractivity contribution in [3.8, 4) is 0 Å². The Labute approximate surface area is 151 Å². The van der Waals surface area contributed by atoms with Crippen molar-refractivity contribution in [1.29, 1.82) is 0 Å². The van der Waals surface area contributed by atoms with Crippen molar-refractivity contribution in [2.45, 2.75) is 38.6 Å². The van der Waals surface area contributed by atoms with Crippen molar-refractivity contribution in [3.05, 3.63) is 29.3 Å². The maximum atomic E-state index is 12.7. The van der Waals surface area contributed by atoms with Crippen molar-refractivity contribution >= 4 is 35.2 Å². The van der Waals surface area contributed by atoms with E-state index in [1.807, 2.05) is 6.92 Å². The third kappa shape index (κ3) is 3.81. The van der Waals surface area contributed by atoms with Crippen molar-refractivity contribution in [2.75, 3.05) is 16.9 Å². The van der Waals surface area contributed by atoms with Crippen molar-refractivity contribution in [2.24, 2.45) is 5.92 Å². The van der Waals surface area contributed by atoms with Gasteiger partial charge in [0.2, 0.25) is 11.8 Å². The van der Waals surface area contributed by atoms with Gasteiger partial charge in [0.25, 0.3) is 0 Å². The molecule has 2 amide bonds. The molecule has 1 aromatic rings. The molecule has 3 rings (SSSR count). The second-order valence-corrected chi connectivity index (χ2v) is 7.63. The predicted molar refractivity (Wildman–Crippen MR) is 96.7 cm³/mol. The number of carboxylic acid groups (broad SMARTS) is 1. The number of thioether (sulfide) groups is 1. The van der Waals surface area contributed by atoms with E-state index in [-0.39, 0.29) is 23.3 Å². The lowest BCUT2D eigenvalue weighted by Crippen LogP contribution is -2.46. The van der Waals surface area contributed by atoms with Crippen LogP contribution in [-0.4, -0.2) is 45.5 Å². The van der Waals surface area contributed by atoms with E-state index in [1.165, 1.54) is 12.1 Å². The molecule has 134 valence electrons. The minimum Gasteiger partial charge on any atom is -0.478 e. The number of carbonyl (C=O) groups excluding carboxylic acids is 2. The van der Waals surface area contributed by atoms with Gasteiger partial charge in [0, 0.05) is 17.4 Å². The maximum Gasteiger partial charge on any atom is 0.335 e. The molecular formula is C18H22N2O4S. The third-order valence-electron chi connectivity index (χ3n) is 4.91. The lowest BCUT2D eigenvalue weighted by Gasteiger charge is -2.26. The number of benzene rings is 1. The summed E-state index contributed by atoms with van der Waals surface area (Å²) in [4.78, 5) is 38.2. The Morgan fingerprint density at radius 3 is 2.64 bits per heavy atom. The highest BCUT2D eigenvalue weighted by molar-refractivity contribution is 7.99. The van der Waals surface area contributed by atoms with E-state index >= 15 is 0 Å². The van der Waals surface area contributed by atoms with Gasteiger partial charge < -0.3 is 15.3 Å². The van der Waals surface area contributed by atoms with Crippen LogP contribution < -0.4 is 5.32 Å². The summed E-state index contributed by atoms with van der Waals surface area (Å²) in [6, 6.07) is 4.14. The van der Waals surface area contributed by atoms with Gasteiger partial charge >= 0.3 is 5.97 Å². The molecule has 2 aliphatic rings. The molecular weight excluding hydrogens is 340 g/mol. The van der Waals surface area contributed by atoms with Crippen molar-refractivity contribution in [1.82, 2.24) is 4.90 Å².